The predicted molar refractivity (Wildman–Crippen MR) is 86.5 cm³/mol. The number of aryl methyl sites for hydroxylation is 1. The van der Waals surface area contributed by atoms with Crippen molar-refractivity contribution in [3.63, 3.8) is 0 Å². The van der Waals surface area contributed by atoms with Crippen molar-refractivity contribution < 1.29 is 9.53 Å². The second kappa shape index (κ2) is 6.84. The highest BCUT2D eigenvalue weighted by Gasteiger charge is 2.33. The molecule has 3 nitrogen and oxygen atoms in total. The number of benzene rings is 1. The van der Waals surface area contributed by atoms with E-state index in [-0.39, 0.29) is 12.0 Å². The Labute approximate surface area is 131 Å². The lowest BCUT2D eigenvalue weighted by Gasteiger charge is -2.38. The van der Waals surface area contributed by atoms with Gasteiger partial charge in [-0.2, -0.15) is 11.8 Å². The fourth-order valence-electron chi connectivity index (χ4n) is 3.10. The summed E-state index contributed by atoms with van der Waals surface area (Å²) in [4.78, 5) is 14.9. The molecule has 2 fully saturated rings. The molecule has 0 saturated carbocycles. The fraction of sp³-hybridized carbons (Fsp3) is 0.588. The van der Waals surface area contributed by atoms with Crippen molar-refractivity contribution in [3.8, 4) is 0 Å². The molecule has 0 N–H and O–H groups in total. The van der Waals surface area contributed by atoms with Gasteiger partial charge in [0, 0.05) is 24.7 Å². The van der Waals surface area contributed by atoms with E-state index in [0.29, 0.717) is 12.5 Å². The molecular formula is C17H23NO2S. The van der Waals surface area contributed by atoms with Gasteiger partial charge in [-0.15, -0.1) is 0 Å². The van der Waals surface area contributed by atoms with Gasteiger partial charge in [0.05, 0.1) is 18.6 Å². The molecule has 4 heteroatoms. The number of ether oxygens (including phenoxy) is 1. The summed E-state index contributed by atoms with van der Waals surface area (Å²) in [5.74, 6) is 2.40. The zero-order valence-electron chi connectivity index (χ0n) is 12.6. The molecule has 2 aliphatic heterocycles. The van der Waals surface area contributed by atoms with Crippen molar-refractivity contribution in [2.45, 2.75) is 25.8 Å². The topological polar surface area (TPSA) is 29.5 Å². The predicted octanol–water partition coefficient (Wildman–Crippen LogP) is 3.04. The van der Waals surface area contributed by atoms with E-state index in [1.807, 2.05) is 11.8 Å². The van der Waals surface area contributed by atoms with Crippen LogP contribution in [-0.2, 0) is 9.53 Å². The lowest BCUT2D eigenvalue weighted by molar-refractivity contribution is -0.141. The van der Waals surface area contributed by atoms with Crippen LogP contribution in [0.3, 0.4) is 0 Å². The molecule has 0 bridgehead atoms. The third-order valence-corrected chi connectivity index (χ3v) is 5.41. The second-order valence-corrected chi connectivity index (χ2v) is 7.10. The Kier molecular flexibility index (Phi) is 4.86. The summed E-state index contributed by atoms with van der Waals surface area (Å²) in [5, 5.41) is 0. The first-order valence-corrected chi connectivity index (χ1v) is 8.94. The van der Waals surface area contributed by atoms with Crippen LogP contribution in [0.4, 0.5) is 0 Å². The highest BCUT2D eigenvalue weighted by Crippen LogP contribution is 2.32. The Morgan fingerprint density at radius 3 is 2.86 bits per heavy atom. The van der Waals surface area contributed by atoms with E-state index in [4.69, 9.17) is 4.74 Å². The SMILES string of the molecule is Cc1ccc([C@H]2CSCCN2C(=O)[C@H]2CCCOC2)cc1. The van der Waals surface area contributed by atoms with Crippen LogP contribution in [-0.4, -0.2) is 42.1 Å². The van der Waals surface area contributed by atoms with Gasteiger partial charge >= 0.3 is 0 Å². The minimum Gasteiger partial charge on any atom is -0.381 e. The van der Waals surface area contributed by atoms with E-state index in [1.54, 1.807) is 0 Å². The zero-order chi connectivity index (χ0) is 14.7. The van der Waals surface area contributed by atoms with Gasteiger partial charge in [-0.3, -0.25) is 4.79 Å². The molecular weight excluding hydrogens is 282 g/mol. The fourth-order valence-corrected chi connectivity index (χ4v) is 4.19. The van der Waals surface area contributed by atoms with Gasteiger partial charge < -0.3 is 9.64 Å². The van der Waals surface area contributed by atoms with Crippen LogP contribution in [0.1, 0.15) is 30.0 Å². The van der Waals surface area contributed by atoms with E-state index in [1.165, 1.54) is 11.1 Å². The average molecular weight is 305 g/mol. The molecule has 21 heavy (non-hydrogen) atoms. The number of carbonyl (C=O) groups is 1. The van der Waals surface area contributed by atoms with Gasteiger partial charge in [-0.05, 0) is 25.3 Å². The van der Waals surface area contributed by atoms with Gasteiger partial charge in [-0.1, -0.05) is 29.8 Å². The van der Waals surface area contributed by atoms with Crippen molar-refractivity contribution in [1.29, 1.82) is 0 Å². The third kappa shape index (κ3) is 3.43. The second-order valence-electron chi connectivity index (χ2n) is 5.95. The molecule has 0 spiro atoms. The summed E-state index contributed by atoms with van der Waals surface area (Å²) in [6.45, 7) is 4.37. The molecule has 114 valence electrons. The number of hydrogen-bond donors (Lipinski definition) is 0. The van der Waals surface area contributed by atoms with E-state index in [9.17, 15) is 4.79 Å². The smallest absolute Gasteiger partial charge is 0.228 e. The Hall–Kier alpha value is -1.00. The van der Waals surface area contributed by atoms with Crippen LogP contribution in [0.15, 0.2) is 24.3 Å². The summed E-state index contributed by atoms with van der Waals surface area (Å²) in [7, 11) is 0. The Morgan fingerprint density at radius 1 is 1.33 bits per heavy atom. The Bertz CT molecular complexity index is 482. The highest BCUT2D eigenvalue weighted by atomic mass is 32.2. The normalized spacial score (nSPS) is 26.6. The maximum absolute atomic E-state index is 12.8. The number of carbonyl (C=O) groups excluding carboxylic acids is 1. The van der Waals surface area contributed by atoms with Gasteiger partial charge in [0.1, 0.15) is 0 Å². The number of amides is 1. The maximum Gasteiger partial charge on any atom is 0.228 e. The van der Waals surface area contributed by atoms with E-state index < -0.39 is 0 Å². The van der Waals surface area contributed by atoms with Crippen LogP contribution >= 0.6 is 11.8 Å². The largest absolute Gasteiger partial charge is 0.381 e. The highest BCUT2D eigenvalue weighted by molar-refractivity contribution is 7.99. The maximum atomic E-state index is 12.8. The van der Waals surface area contributed by atoms with Crippen molar-refractivity contribution in [2.75, 3.05) is 31.3 Å². The van der Waals surface area contributed by atoms with Crippen LogP contribution in [0.25, 0.3) is 0 Å². The minimum atomic E-state index is 0.0646. The first-order chi connectivity index (χ1) is 10.3. The monoisotopic (exact) mass is 305 g/mol. The molecule has 1 aromatic rings. The molecule has 3 rings (SSSR count). The van der Waals surface area contributed by atoms with Crippen molar-refractivity contribution in [3.05, 3.63) is 35.4 Å². The molecule has 0 aliphatic carbocycles. The summed E-state index contributed by atoms with van der Waals surface area (Å²) >= 11 is 1.94. The summed E-state index contributed by atoms with van der Waals surface area (Å²) in [5.41, 5.74) is 2.53. The minimum absolute atomic E-state index is 0.0646. The number of rotatable bonds is 2. The molecule has 1 amide bonds. The van der Waals surface area contributed by atoms with Gasteiger partial charge in [0.15, 0.2) is 0 Å². The molecule has 2 heterocycles. The molecule has 0 radical (unpaired) electrons. The lowest BCUT2D eigenvalue weighted by atomic mass is 9.98. The Morgan fingerprint density at radius 2 is 2.14 bits per heavy atom. The first kappa shape index (κ1) is 14.9. The van der Waals surface area contributed by atoms with Gasteiger partial charge in [-0.25, -0.2) is 0 Å². The third-order valence-electron chi connectivity index (χ3n) is 4.38. The standard InChI is InChI=1S/C17H23NO2S/c1-13-4-6-14(7-5-13)16-12-21-10-8-18(16)17(19)15-3-2-9-20-11-15/h4-7,15-16H,2-3,8-12H2,1H3/t15-,16+/m0/s1. The summed E-state index contributed by atoms with van der Waals surface area (Å²) < 4.78 is 5.50. The first-order valence-electron chi connectivity index (χ1n) is 7.78. The van der Waals surface area contributed by atoms with Crippen LogP contribution in [0.5, 0.6) is 0 Å². The molecule has 2 aliphatic rings. The number of nitrogens with zero attached hydrogens (tertiary/aromatic N) is 1. The molecule has 2 saturated heterocycles. The van der Waals surface area contributed by atoms with Crippen molar-refractivity contribution >= 4 is 17.7 Å². The van der Waals surface area contributed by atoms with Gasteiger partial charge in [0.25, 0.3) is 0 Å². The molecule has 0 unspecified atom stereocenters. The molecule has 1 aromatic carbocycles. The van der Waals surface area contributed by atoms with Crippen LogP contribution < -0.4 is 0 Å². The molecule has 0 aromatic heterocycles. The van der Waals surface area contributed by atoms with E-state index in [0.717, 1.165) is 37.5 Å². The summed E-state index contributed by atoms with van der Waals surface area (Å²) in [6, 6.07) is 8.84. The average Bonchev–Trinajstić information content (AvgIpc) is 2.56. The Balaban J connectivity index is 1.77. The van der Waals surface area contributed by atoms with E-state index >= 15 is 0 Å². The van der Waals surface area contributed by atoms with Crippen LogP contribution in [0, 0.1) is 12.8 Å². The zero-order valence-corrected chi connectivity index (χ0v) is 13.4. The summed E-state index contributed by atoms with van der Waals surface area (Å²) in [6.07, 6.45) is 1.98. The van der Waals surface area contributed by atoms with Crippen molar-refractivity contribution in [1.82, 2.24) is 4.90 Å². The van der Waals surface area contributed by atoms with E-state index in [2.05, 4.69) is 36.1 Å². The van der Waals surface area contributed by atoms with Gasteiger partial charge in [0.2, 0.25) is 5.91 Å². The number of thioether (sulfide) groups is 1. The van der Waals surface area contributed by atoms with Crippen molar-refractivity contribution in [2.24, 2.45) is 5.92 Å². The quantitative estimate of drug-likeness (QED) is 0.841. The lowest BCUT2D eigenvalue weighted by Crippen LogP contribution is -2.45. The van der Waals surface area contributed by atoms with Crippen LogP contribution in [0.2, 0.25) is 0 Å². The number of hydrogen-bond acceptors (Lipinski definition) is 3. The molecule has 2 atom stereocenters.